The van der Waals surface area contributed by atoms with E-state index >= 15 is 0 Å². The highest BCUT2D eigenvalue weighted by Gasteiger charge is 2.33. The molecular weight excluding hydrogens is 310 g/mol. The summed E-state index contributed by atoms with van der Waals surface area (Å²) in [5.74, 6) is 1.75. The van der Waals surface area contributed by atoms with Gasteiger partial charge in [-0.1, -0.05) is 6.92 Å². The van der Waals surface area contributed by atoms with Gasteiger partial charge >= 0.3 is 0 Å². The quantitative estimate of drug-likeness (QED) is 0.643. The lowest BCUT2D eigenvalue weighted by molar-refractivity contribution is 0.765. The van der Waals surface area contributed by atoms with Crippen LogP contribution in [-0.2, 0) is 6.42 Å². The van der Waals surface area contributed by atoms with Crippen LogP contribution in [0.3, 0.4) is 0 Å². The number of nitrogens with one attached hydrogen (secondary N) is 2. The zero-order chi connectivity index (χ0) is 13.0. The van der Waals surface area contributed by atoms with Gasteiger partial charge in [0.2, 0.25) is 0 Å². The molecule has 3 nitrogen and oxygen atoms in total. The van der Waals surface area contributed by atoms with Crippen molar-refractivity contribution in [2.45, 2.75) is 32.7 Å². The van der Waals surface area contributed by atoms with E-state index in [1.54, 1.807) is 11.3 Å². The molecule has 0 saturated heterocycles. The molecule has 0 amide bonds. The molecule has 1 fully saturated rings. The highest BCUT2D eigenvalue weighted by Crippen LogP contribution is 2.28. The van der Waals surface area contributed by atoms with Crippen LogP contribution in [-0.4, -0.2) is 25.1 Å². The maximum atomic E-state index is 4.62. The standard InChI is InChI=1S/C13H20BrN3S/c1-3-15-13(17-11-8-9(11)2)16-7-6-10-4-5-12(14)18-10/h4-5,9,11H,3,6-8H2,1-2H3,(H2,15,16,17). The zero-order valence-electron chi connectivity index (χ0n) is 10.9. The number of halogens is 1. The highest BCUT2D eigenvalue weighted by atomic mass is 79.9. The Morgan fingerprint density at radius 1 is 1.56 bits per heavy atom. The van der Waals surface area contributed by atoms with E-state index in [1.807, 2.05) is 0 Å². The van der Waals surface area contributed by atoms with Crippen LogP contribution in [0.25, 0.3) is 0 Å². The van der Waals surface area contributed by atoms with Crippen LogP contribution in [0.5, 0.6) is 0 Å². The summed E-state index contributed by atoms with van der Waals surface area (Å²) in [4.78, 5) is 5.99. The predicted molar refractivity (Wildman–Crippen MR) is 82.4 cm³/mol. The molecule has 1 aromatic heterocycles. The molecule has 18 heavy (non-hydrogen) atoms. The molecule has 100 valence electrons. The first-order valence-corrected chi connectivity index (χ1v) is 8.09. The van der Waals surface area contributed by atoms with Gasteiger partial charge in [0, 0.05) is 30.4 Å². The summed E-state index contributed by atoms with van der Waals surface area (Å²) in [5, 5.41) is 6.77. The molecule has 1 aromatic rings. The van der Waals surface area contributed by atoms with Gasteiger partial charge in [0.05, 0.1) is 3.79 Å². The van der Waals surface area contributed by atoms with Crippen LogP contribution in [0, 0.1) is 5.92 Å². The molecule has 0 bridgehead atoms. The summed E-state index contributed by atoms with van der Waals surface area (Å²) in [6.07, 6.45) is 2.27. The Balaban J connectivity index is 1.79. The van der Waals surface area contributed by atoms with Gasteiger partial charge in [-0.05, 0) is 47.3 Å². The van der Waals surface area contributed by atoms with E-state index in [9.17, 15) is 0 Å². The summed E-state index contributed by atoms with van der Waals surface area (Å²) in [6.45, 7) is 6.12. The average Bonchev–Trinajstić information content (AvgIpc) is 2.85. The summed E-state index contributed by atoms with van der Waals surface area (Å²) in [7, 11) is 0. The first-order chi connectivity index (χ1) is 8.69. The Morgan fingerprint density at radius 3 is 2.89 bits per heavy atom. The molecule has 5 heteroatoms. The van der Waals surface area contributed by atoms with E-state index in [0.717, 1.165) is 31.4 Å². The van der Waals surface area contributed by atoms with Gasteiger partial charge in [-0.3, -0.25) is 4.99 Å². The van der Waals surface area contributed by atoms with Crippen molar-refractivity contribution in [3.63, 3.8) is 0 Å². The normalized spacial score (nSPS) is 22.9. The molecular formula is C13H20BrN3S. The molecule has 1 aliphatic rings. The van der Waals surface area contributed by atoms with Gasteiger partial charge in [-0.15, -0.1) is 11.3 Å². The number of hydrogen-bond acceptors (Lipinski definition) is 2. The fourth-order valence-electron chi connectivity index (χ4n) is 1.78. The van der Waals surface area contributed by atoms with Gasteiger partial charge in [-0.2, -0.15) is 0 Å². The zero-order valence-corrected chi connectivity index (χ0v) is 13.3. The summed E-state index contributed by atoms with van der Waals surface area (Å²) < 4.78 is 1.19. The number of guanidine groups is 1. The van der Waals surface area contributed by atoms with Crippen molar-refractivity contribution in [2.24, 2.45) is 10.9 Å². The van der Waals surface area contributed by atoms with Crippen molar-refractivity contribution in [3.05, 3.63) is 20.8 Å². The van der Waals surface area contributed by atoms with E-state index < -0.39 is 0 Å². The van der Waals surface area contributed by atoms with Gasteiger partial charge in [0.1, 0.15) is 0 Å². The highest BCUT2D eigenvalue weighted by molar-refractivity contribution is 9.11. The molecule has 1 heterocycles. The average molecular weight is 330 g/mol. The van der Waals surface area contributed by atoms with Crippen LogP contribution >= 0.6 is 27.3 Å². The third-order valence-electron chi connectivity index (χ3n) is 3.03. The molecule has 0 aromatic carbocycles. The van der Waals surface area contributed by atoms with Crippen molar-refractivity contribution in [3.8, 4) is 0 Å². The molecule has 0 aliphatic heterocycles. The SMILES string of the molecule is CCNC(=NCCc1ccc(Br)s1)NC1CC1C. The summed E-state index contributed by atoms with van der Waals surface area (Å²) in [5.41, 5.74) is 0. The number of aliphatic imine (C=N–C) groups is 1. The molecule has 0 radical (unpaired) electrons. The molecule has 0 spiro atoms. The van der Waals surface area contributed by atoms with Crippen LogP contribution in [0.2, 0.25) is 0 Å². The Labute approximate surface area is 121 Å². The fraction of sp³-hybridized carbons (Fsp3) is 0.615. The lowest BCUT2D eigenvalue weighted by atomic mass is 10.3. The van der Waals surface area contributed by atoms with Crippen LogP contribution in [0.15, 0.2) is 20.9 Å². The van der Waals surface area contributed by atoms with Gasteiger partial charge < -0.3 is 10.6 Å². The van der Waals surface area contributed by atoms with Crippen molar-refractivity contribution in [1.82, 2.24) is 10.6 Å². The minimum Gasteiger partial charge on any atom is -0.357 e. The van der Waals surface area contributed by atoms with Crippen molar-refractivity contribution >= 4 is 33.2 Å². The minimum absolute atomic E-state index is 0.624. The smallest absolute Gasteiger partial charge is 0.191 e. The largest absolute Gasteiger partial charge is 0.357 e. The van der Waals surface area contributed by atoms with Gasteiger partial charge in [0.15, 0.2) is 5.96 Å². The predicted octanol–water partition coefficient (Wildman–Crippen LogP) is 3.02. The topological polar surface area (TPSA) is 36.4 Å². The molecule has 1 saturated carbocycles. The monoisotopic (exact) mass is 329 g/mol. The van der Waals surface area contributed by atoms with E-state index in [-0.39, 0.29) is 0 Å². The summed E-state index contributed by atoms with van der Waals surface area (Å²) >= 11 is 5.27. The second-order valence-electron chi connectivity index (χ2n) is 4.68. The maximum Gasteiger partial charge on any atom is 0.191 e. The Kier molecular flexibility index (Phi) is 5.06. The second-order valence-corrected chi connectivity index (χ2v) is 7.23. The maximum absolute atomic E-state index is 4.62. The molecule has 1 aliphatic carbocycles. The van der Waals surface area contributed by atoms with Gasteiger partial charge in [0.25, 0.3) is 0 Å². The Bertz CT molecular complexity index is 416. The van der Waals surface area contributed by atoms with Crippen molar-refractivity contribution < 1.29 is 0 Å². The second kappa shape index (κ2) is 6.57. The van der Waals surface area contributed by atoms with E-state index in [4.69, 9.17) is 0 Å². The van der Waals surface area contributed by atoms with Crippen molar-refractivity contribution in [2.75, 3.05) is 13.1 Å². The first kappa shape index (κ1) is 13.9. The molecule has 2 unspecified atom stereocenters. The third kappa shape index (κ3) is 4.28. The summed E-state index contributed by atoms with van der Waals surface area (Å²) in [6, 6.07) is 4.88. The molecule has 2 rings (SSSR count). The molecule has 2 atom stereocenters. The van der Waals surface area contributed by atoms with Crippen molar-refractivity contribution in [1.29, 1.82) is 0 Å². The van der Waals surface area contributed by atoms with Crippen LogP contribution in [0.1, 0.15) is 25.1 Å². The minimum atomic E-state index is 0.624. The van der Waals surface area contributed by atoms with E-state index in [0.29, 0.717) is 6.04 Å². The fourth-order valence-corrected chi connectivity index (χ4v) is 3.25. The first-order valence-electron chi connectivity index (χ1n) is 6.48. The number of thiophene rings is 1. The number of rotatable bonds is 5. The third-order valence-corrected chi connectivity index (χ3v) is 4.72. The lowest BCUT2D eigenvalue weighted by Crippen LogP contribution is -2.39. The Morgan fingerprint density at radius 2 is 2.33 bits per heavy atom. The van der Waals surface area contributed by atoms with E-state index in [1.165, 1.54) is 15.1 Å². The number of nitrogens with zero attached hydrogens (tertiary/aromatic N) is 1. The Hall–Kier alpha value is -0.550. The lowest BCUT2D eigenvalue weighted by Gasteiger charge is -2.10. The van der Waals surface area contributed by atoms with Crippen LogP contribution < -0.4 is 10.6 Å². The van der Waals surface area contributed by atoms with Gasteiger partial charge in [-0.25, -0.2) is 0 Å². The number of hydrogen-bond donors (Lipinski definition) is 2. The molecule has 2 N–H and O–H groups in total. The van der Waals surface area contributed by atoms with Crippen LogP contribution in [0.4, 0.5) is 0 Å². The van der Waals surface area contributed by atoms with E-state index in [2.05, 4.69) is 57.5 Å².